The molecule has 0 aliphatic rings. The number of halogens is 2. The summed E-state index contributed by atoms with van der Waals surface area (Å²) >= 11 is 0. The molecule has 1 aromatic carbocycles. The lowest BCUT2D eigenvalue weighted by molar-refractivity contribution is -0.384. The van der Waals surface area contributed by atoms with Gasteiger partial charge in [0.15, 0.2) is 0 Å². The highest BCUT2D eigenvalue weighted by atomic mass is 19.3. The van der Waals surface area contributed by atoms with E-state index in [1.165, 1.54) is 18.2 Å². The van der Waals surface area contributed by atoms with Crippen molar-refractivity contribution in [2.24, 2.45) is 5.73 Å². The molecule has 0 unspecified atom stereocenters. The van der Waals surface area contributed by atoms with Gasteiger partial charge in [-0.2, -0.15) is 0 Å². The number of nitrogens with two attached hydrogens (primary N) is 1. The van der Waals surface area contributed by atoms with Gasteiger partial charge in [-0.15, -0.1) is 0 Å². The molecule has 0 fully saturated rings. The molecule has 0 saturated heterocycles. The molecule has 0 aliphatic carbocycles. The number of rotatable bonds is 5. The van der Waals surface area contributed by atoms with Gasteiger partial charge in [-0.3, -0.25) is 10.1 Å². The second kappa shape index (κ2) is 5.05. The van der Waals surface area contributed by atoms with E-state index < -0.39 is 23.9 Å². The van der Waals surface area contributed by atoms with E-state index in [0.717, 1.165) is 0 Å². The zero-order valence-corrected chi connectivity index (χ0v) is 9.24. The van der Waals surface area contributed by atoms with Gasteiger partial charge in [-0.25, -0.2) is 8.78 Å². The van der Waals surface area contributed by atoms with Crippen molar-refractivity contribution in [2.75, 3.05) is 18.4 Å². The summed E-state index contributed by atoms with van der Waals surface area (Å²) in [5.41, 5.74) is 5.71. The smallest absolute Gasteiger partial charge is 0.276 e. The Balaban J connectivity index is 2.83. The first-order valence-electron chi connectivity index (χ1n) is 4.92. The van der Waals surface area contributed by atoms with Gasteiger partial charge in [0.2, 0.25) is 0 Å². The third-order valence-electron chi connectivity index (χ3n) is 2.27. The van der Waals surface area contributed by atoms with Crippen molar-refractivity contribution < 1.29 is 13.7 Å². The lowest BCUT2D eigenvalue weighted by Gasteiger charge is -2.16. The van der Waals surface area contributed by atoms with Gasteiger partial charge >= 0.3 is 0 Å². The fourth-order valence-corrected chi connectivity index (χ4v) is 1.21. The molecule has 0 heterocycles. The summed E-state index contributed by atoms with van der Waals surface area (Å²) < 4.78 is 25.8. The minimum absolute atomic E-state index is 0.144. The number of non-ortho nitro benzene ring substituents is 1. The number of nitrogens with one attached hydrogen (secondary N) is 1. The van der Waals surface area contributed by atoms with Gasteiger partial charge in [-0.05, 0) is 12.5 Å². The third kappa shape index (κ3) is 3.63. The number of alkyl halides is 2. The molecule has 17 heavy (non-hydrogen) atoms. The van der Waals surface area contributed by atoms with E-state index in [1.54, 1.807) is 6.92 Å². The summed E-state index contributed by atoms with van der Waals surface area (Å²) in [4.78, 5) is 9.95. The molecule has 0 amide bonds. The normalized spacial score (nSPS) is 11.3. The Kier molecular flexibility index (Phi) is 3.95. The van der Waals surface area contributed by atoms with Crippen molar-refractivity contribution in [2.45, 2.75) is 12.8 Å². The van der Waals surface area contributed by atoms with Crippen LogP contribution in [-0.4, -0.2) is 23.9 Å². The van der Waals surface area contributed by atoms with Crippen LogP contribution in [0, 0.1) is 17.0 Å². The third-order valence-corrected chi connectivity index (χ3v) is 2.27. The van der Waals surface area contributed by atoms with Crippen molar-refractivity contribution in [3.63, 3.8) is 0 Å². The van der Waals surface area contributed by atoms with E-state index >= 15 is 0 Å². The van der Waals surface area contributed by atoms with Crippen LogP contribution in [0.3, 0.4) is 0 Å². The van der Waals surface area contributed by atoms with Crippen molar-refractivity contribution in [3.8, 4) is 0 Å². The Morgan fingerprint density at radius 1 is 1.53 bits per heavy atom. The predicted octanol–water partition coefficient (Wildman–Crippen LogP) is 1.91. The van der Waals surface area contributed by atoms with Gasteiger partial charge in [0.05, 0.1) is 18.0 Å². The number of hydrogen-bond acceptors (Lipinski definition) is 4. The van der Waals surface area contributed by atoms with Crippen molar-refractivity contribution >= 4 is 11.4 Å². The SMILES string of the molecule is Cc1ccc([N+](=O)[O-])cc1NCC(F)(F)CN. The summed E-state index contributed by atoms with van der Waals surface area (Å²) in [6.45, 7) is 0.256. The molecule has 0 radical (unpaired) electrons. The molecule has 0 saturated carbocycles. The van der Waals surface area contributed by atoms with Crippen LogP contribution in [0.2, 0.25) is 0 Å². The number of benzene rings is 1. The van der Waals surface area contributed by atoms with Gasteiger partial charge in [0, 0.05) is 17.8 Å². The summed E-state index contributed by atoms with van der Waals surface area (Å²) in [7, 11) is 0. The molecule has 7 heteroatoms. The molecular formula is C10H13F2N3O2. The fraction of sp³-hybridized carbons (Fsp3) is 0.400. The van der Waals surface area contributed by atoms with Crippen LogP contribution in [0.1, 0.15) is 5.56 Å². The number of nitro groups is 1. The molecule has 1 aromatic rings. The van der Waals surface area contributed by atoms with E-state index in [4.69, 9.17) is 5.73 Å². The van der Waals surface area contributed by atoms with Crippen LogP contribution < -0.4 is 11.1 Å². The van der Waals surface area contributed by atoms with Crippen LogP contribution in [0.4, 0.5) is 20.2 Å². The lowest BCUT2D eigenvalue weighted by atomic mass is 10.1. The lowest BCUT2D eigenvalue weighted by Crippen LogP contribution is -2.35. The summed E-state index contributed by atoms with van der Waals surface area (Å²) in [5, 5.41) is 13.0. The van der Waals surface area contributed by atoms with Crippen LogP contribution in [-0.2, 0) is 0 Å². The zero-order chi connectivity index (χ0) is 13.1. The highest BCUT2D eigenvalue weighted by Gasteiger charge is 2.26. The number of nitrogens with zero attached hydrogens (tertiary/aromatic N) is 1. The highest BCUT2D eigenvalue weighted by Crippen LogP contribution is 2.23. The molecule has 5 nitrogen and oxygen atoms in total. The van der Waals surface area contributed by atoms with Crippen molar-refractivity contribution in [3.05, 3.63) is 33.9 Å². The molecular weight excluding hydrogens is 232 g/mol. The van der Waals surface area contributed by atoms with Gasteiger partial charge in [0.25, 0.3) is 11.6 Å². The van der Waals surface area contributed by atoms with E-state index in [0.29, 0.717) is 11.3 Å². The molecule has 0 atom stereocenters. The van der Waals surface area contributed by atoms with Crippen LogP contribution in [0.15, 0.2) is 18.2 Å². The standard InChI is InChI=1S/C10H13F2N3O2/c1-7-2-3-8(15(16)17)4-9(7)14-6-10(11,12)5-13/h2-4,14H,5-6,13H2,1H3. The first-order chi connectivity index (χ1) is 7.85. The first kappa shape index (κ1) is 13.3. The zero-order valence-electron chi connectivity index (χ0n) is 9.24. The molecule has 0 bridgehead atoms. The fourth-order valence-electron chi connectivity index (χ4n) is 1.21. The Hall–Kier alpha value is -1.76. The van der Waals surface area contributed by atoms with E-state index in [1.807, 2.05) is 0 Å². The van der Waals surface area contributed by atoms with Crippen molar-refractivity contribution in [1.82, 2.24) is 0 Å². The molecule has 94 valence electrons. The van der Waals surface area contributed by atoms with E-state index in [9.17, 15) is 18.9 Å². The van der Waals surface area contributed by atoms with Gasteiger partial charge < -0.3 is 11.1 Å². The summed E-state index contributed by atoms with van der Waals surface area (Å²) in [6.07, 6.45) is 0. The van der Waals surface area contributed by atoms with Gasteiger partial charge in [0.1, 0.15) is 0 Å². The Morgan fingerprint density at radius 2 is 2.18 bits per heavy atom. The largest absolute Gasteiger partial charge is 0.379 e. The average molecular weight is 245 g/mol. The minimum Gasteiger partial charge on any atom is -0.379 e. The van der Waals surface area contributed by atoms with E-state index in [-0.39, 0.29) is 5.69 Å². The summed E-state index contributed by atoms with van der Waals surface area (Å²) in [5.74, 6) is -3.03. The molecule has 0 aliphatic heterocycles. The molecule has 0 spiro atoms. The topological polar surface area (TPSA) is 81.2 Å². The number of hydrogen-bond donors (Lipinski definition) is 2. The second-order valence-corrected chi connectivity index (χ2v) is 3.67. The van der Waals surface area contributed by atoms with Crippen LogP contribution >= 0.6 is 0 Å². The maximum absolute atomic E-state index is 12.9. The monoisotopic (exact) mass is 245 g/mol. The maximum atomic E-state index is 12.9. The Morgan fingerprint density at radius 3 is 2.71 bits per heavy atom. The predicted molar refractivity (Wildman–Crippen MR) is 60.3 cm³/mol. The Bertz CT molecular complexity index is 424. The maximum Gasteiger partial charge on any atom is 0.276 e. The summed E-state index contributed by atoms with van der Waals surface area (Å²) in [6, 6.07) is 4.05. The molecule has 3 N–H and O–H groups in total. The molecule has 1 rings (SSSR count). The minimum atomic E-state index is -3.03. The Labute approximate surface area is 96.8 Å². The van der Waals surface area contributed by atoms with Crippen molar-refractivity contribution in [1.29, 1.82) is 0 Å². The highest BCUT2D eigenvalue weighted by molar-refractivity contribution is 5.56. The first-order valence-corrected chi connectivity index (χ1v) is 4.92. The average Bonchev–Trinajstić information content (AvgIpc) is 2.27. The number of aryl methyl sites for hydroxylation is 1. The number of anilines is 1. The van der Waals surface area contributed by atoms with Gasteiger partial charge in [-0.1, -0.05) is 6.07 Å². The quantitative estimate of drug-likeness (QED) is 0.613. The van der Waals surface area contributed by atoms with E-state index in [2.05, 4.69) is 5.32 Å². The second-order valence-electron chi connectivity index (χ2n) is 3.67. The van der Waals surface area contributed by atoms with Crippen LogP contribution in [0.5, 0.6) is 0 Å². The molecule has 0 aromatic heterocycles. The van der Waals surface area contributed by atoms with Crippen LogP contribution in [0.25, 0.3) is 0 Å². The number of nitro benzene ring substituents is 1.